The highest BCUT2D eigenvalue weighted by molar-refractivity contribution is 5.91. The molecule has 1 saturated heterocycles. The minimum atomic E-state index is -0.00521. The molecule has 1 aliphatic rings. The van der Waals surface area contributed by atoms with Crippen molar-refractivity contribution in [2.24, 2.45) is 7.05 Å². The maximum absolute atomic E-state index is 12.8. The highest BCUT2D eigenvalue weighted by atomic mass is 16.2. The lowest BCUT2D eigenvalue weighted by molar-refractivity contribution is -0.117. The van der Waals surface area contributed by atoms with E-state index in [0.29, 0.717) is 18.4 Å². The van der Waals surface area contributed by atoms with Crippen LogP contribution in [0.15, 0.2) is 48.7 Å². The number of aromatic nitrogens is 3. The van der Waals surface area contributed by atoms with Crippen LogP contribution < -0.4 is 5.32 Å². The van der Waals surface area contributed by atoms with E-state index in [2.05, 4.69) is 52.2 Å². The van der Waals surface area contributed by atoms with Crippen LogP contribution in [0.1, 0.15) is 35.8 Å². The Hall–Kier alpha value is -2.86. The Morgan fingerprint density at radius 3 is 2.71 bits per heavy atom. The van der Waals surface area contributed by atoms with Crippen molar-refractivity contribution in [3.05, 3.63) is 65.6 Å². The van der Waals surface area contributed by atoms with Gasteiger partial charge in [-0.05, 0) is 57.5 Å². The Morgan fingerprint density at radius 2 is 2.00 bits per heavy atom. The SMILES string of the molecule is Cc1ccc(-n2nc(C)cc2NC(=O)CN2CCCC2c2cccn2C)cc1. The topological polar surface area (TPSA) is 55.1 Å². The summed E-state index contributed by atoms with van der Waals surface area (Å²) in [6.45, 7) is 5.32. The number of benzene rings is 1. The van der Waals surface area contributed by atoms with E-state index < -0.39 is 0 Å². The number of anilines is 1. The summed E-state index contributed by atoms with van der Waals surface area (Å²) in [6.07, 6.45) is 4.27. The van der Waals surface area contributed by atoms with Crippen molar-refractivity contribution in [2.45, 2.75) is 32.7 Å². The molecule has 3 aromatic rings. The third kappa shape index (κ3) is 3.73. The van der Waals surface area contributed by atoms with E-state index in [0.717, 1.165) is 30.8 Å². The van der Waals surface area contributed by atoms with E-state index in [1.807, 2.05) is 37.3 Å². The van der Waals surface area contributed by atoms with Gasteiger partial charge in [0.15, 0.2) is 0 Å². The van der Waals surface area contributed by atoms with E-state index in [9.17, 15) is 4.79 Å². The normalized spacial score (nSPS) is 17.2. The molecule has 1 unspecified atom stereocenters. The second-order valence-electron chi connectivity index (χ2n) is 7.64. The van der Waals surface area contributed by atoms with Gasteiger partial charge in [-0.1, -0.05) is 17.7 Å². The summed E-state index contributed by atoms with van der Waals surface area (Å²) < 4.78 is 3.95. The molecule has 4 rings (SSSR count). The third-order valence-corrected chi connectivity index (χ3v) is 5.41. The lowest BCUT2D eigenvalue weighted by Crippen LogP contribution is -2.33. The summed E-state index contributed by atoms with van der Waals surface area (Å²) in [5, 5.41) is 7.61. The molecular formula is C22H27N5O. The zero-order chi connectivity index (χ0) is 19.7. The van der Waals surface area contributed by atoms with Crippen LogP contribution in [0.2, 0.25) is 0 Å². The number of hydrogen-bond acceptors (Lipinski definition) is 3. The lowest BCUT2D eigenvalue weighted by Gasteiger charge is -2.24. The molecule has 1 fully saturated rings. The van der Waals surface area contributed by atoms with E-state index in [-0.39, 0.29) is 5.91 Å². The molecule has 0 spiro atoms. The summed E-state index contributed by atoms with van der Waals surface area (Å²) in [4.78, 5) is 15.1. The monoisotopic (exact) mass is 377 g/mol. The maximum Gasteiger partial charge on any atom is 0.239 e. The van der Waals surface area contributed by atoms with E-state index in [1.165, 1.54) is 11.3 Å². The van der Waals surface area contributed by atoms with Gasteiger partial charge in [0.1, 0.15) is 5.82 Å². The molecule has 146 valence electrons. The largest absolute Gasteiger partial charge is 0.353 e. The molecule has 1 N–H and O–H groups in total. The number of carbonyl (C=O) groups excluding carboxylic acids is 1. The molecule has 1 aromatic carbocycles. The van der Waals surface area contributed by atoms with E-state index in [4.69, 9.17) is 0 Å². The van der Waals surface area contributed by atoms with Crippen LogP contribution in [0.4, 0.5) is 5.82 Å². The van der Waals surface area contributed by atoms with Crippen LogP contribution in [0.25, 0.3) is 5.69 Å². The summed E-state index contributed by atoms with van der Waals surface area (Å²) in [6, 6.07) is 14.6. The second-order valence-corrected chi connectivity index (χ2v) is 7.64. The number of likely N-dealkylation sites (tertiary alicyclic amines) is 1. The molecule has 1 atom stereocenters. The number of hydrogen-bond donors (Lipinski definition) is 1. The first-order valence-electron chi connectivity index (χ1n) is 9.80. The quantitative estimate of drug-likeness (QED) is 0.739. The van der Waals surface area contributed by atoms with Gasteiger partial charge < -0.3 is 9.88 Å². The highest BCUT2D eigenvalue weighted by Gasteiger charge is 2.29. The van der Waals surface area contributed by atoms with Gasteiger partial charge in [-0.25, -0.2) is 4.68 Å². The number of nitrogens with one attached hydrogen (secondary N) is 1. The Labute approximate surface area is 165 Å². The first-order chi connectivity index (χ1) is 13.5. The number of amides is 1. The minimum Gasteiger partial charge on any atom is -0.353 e. The zero-order valence-corrected chi connectivity index (χ0v) is 16.7. The van der Waals surface area contributed by atoms with Crippen molar-refractivity contribution in [3.8, 4) is 5.69 Å². The summed E-state index contributed by atoms with van der Waals surface area (Å²) in [7, 11) is 2.06. The smallest absolute Gasteiger partial charge is 0.239 e. The van der Waals surface area contributed by atoms with Gasteiger partial charge in [-0.2, -0.15) is 5.10 Å². The molecule has 1 aliphatic heterocycles. The molecule has 6 nitrogen and oxygen atoms in total. The first-order valence-corrected chi connectivity index (χ1v) is 9.80. The summed E-state index contributed by atoms with van der Waals surface area (Å²) >= 11 is 0. The van der Waals surface area contributed by atoms with Crippen LogP contribution in [-0.2, 0) is 11.8 Å². The fourth-order valence-corrected chi connectivity index (χ4v) is 4.01. The Morgan fingerprint density at radius 1 is 1.21 bits per heavy atom. The van der Waals surface area contributed by atoms with Crippen molar-refractivity contribution in [1.82, 2.24) is 19.2 Å². The molecular weight excluding hydrogens is 350 g/mol. The van der Waals surface area contributed by atoms with Gasteiger partial charge in [0.2, 0.25) is 5.91 Å². The van der Waals surface area contributed by atoms with Gasteiger partial charge in [0.25, 0.3) is 0 Å². The van der Waals surface area contributed by atoms with Crippen LogP contribution in [-0.4, -0.2) is 38.2 Å². The van der Waals surface area contributed by atoms with E-state index >= 15 is 0 Å². The second kappa shape index (κ2) is 7.64. The molecule has 0 bridgehead atoms. The Kier molecular flexibility index (Phi) is 5.05. The highest BCUT2D eigenvalue weighted by Crippen LogP contribution is 2.31. The number of aryl methyl sites for hydroxylation is 3. The molecule has 0 saturated carbocycles. The number of nitrogens with zero attached hydrogens (tertiary/aromatic N) is 4. The van der Waals surface area contributed by atoms with Crippen molar-refractivity contribution in [1.29, 1.82) is 0 Å². The fourth-order valence-electron chi connectivity index (χ4n) is 4.01. The average molecular weight is 377 g/mol. The van der Waals surface area contributed by atoms with Crippen LogP contribution in [0.5, 0.6) is 0 Å². The van der Waals surface area contributed by atoms with Gasteiger partial charge >= 0.3 is 0 Å². The Balaban J connectivity index is 1.48. The fraction of sp³-hybridized carbons (Fsp3) is 0.364. The third-order valence-electron chi connectivity index (χ3n) is 5.41. The molecule has 1 amide bonds. The average Bonchev–Trinajstić information content (AvgIpc) is 3.36. The molecule has 0 aliphatic carbocycles. The van der Waals surface area contributed by atoms with Crippen molar-refractivity contribution in [2.75, 3.05) is 18.4 Å². The van der Waals surface area contributed by atoms with Crippen molar-refractivity contribution in [3.63, 3.8) is 0 Å². The number of rotatable bonds is 5. The van der Waals surface area contributed by atoms with Crippen LogP contribution in [0, 0.1) is 13.8 Å². The van der Waals surface area contributed by atoms with Crippen LogP contribution >= 0.6 is 0 Å². The minimum absolute atomic E-state index is 0.00521. The van der Waals surface area contributed by atoms with Gasteiger partial charge in [0.05, 0.1) is 24.0 Å². The molecule has 2 aromatic heterocycles. The summed E-state index contributed by atoms with van der Waals surface area (Å²) in [5.74, 6) is 0.704. The molecule has 3 heterocycles. The Bertz CT molecular complexity index is 969. The molecule has 6 heteroatoms. The predicted molar refractivity (Wildman–Crippen MR) is 111 cm³/mol. The van der Waals surface area contributed by atoms with Gasteiger partial charge in [-0.15, -0.1) is 0 Å². The first kappa shape index (κ1) is 18.5. The van der Waals surface area contributed by atoms with Gasteiger partial charge in [0, 0.05) is 25.0 Å². The van der Waals surface area contributed by atoms with Crippen molar-refractivity contribution >= 4 is 11.7 Å². The summed E-state index contributed by atoms with van der Waals surface area (Å²) in [5.41, 5.74) is 4.28. The van der Waals surface area contributed by atoms with Gasteiger partial charge in [-0.3, -0.25) is 9.69 Å². The molecule has 28 heavy (non-hydrogen) atoms. The predicted octanol–water partition coefficient (Wildman–Crippen LogP) is 3.60. The van der Waals surface area contributed by atoms with E-state index in [1.54, 1.807) is 4.68 Å². The number of carbonyl (C=O) groups is 1. The van der Waals surface area contributed by atoms with Crippen LogP contribution in [0.3, 0.4) is 0 Å². The standard InChI is InChI=1S/C22H27N5O/c1-16-8-10-18(11-9-16)27-21(14-17(2)24-27)23-22(28)15-26-13-5-7-20(26)19-6-4-12-25(19)3/h4,6,8-12,14,20H,5,7,13,15H2,1-3H3,(H,23,28). The van der Waals surface area contributed by atoms with Crippen molar-refractivity contribution < 1.29 is 4.79 Å². The lowest BCUT2D eigenvalue weighted by atomic mass is 10.1. The zero-order valence-electron chi connectivity index (χ0n) is 16.7. The molecule has 0 radical (unpaired) electrons. The maximum atomic E-state index is 12.8.